The minimum absolute atomic E-state index is 0.00374. The molecule has 0 saturated carbocycles. The lowest BCUT2D eigenvalue weighted by Crippen LogP contribution is -2.44. The van der Waals surface area contributed by atoms with E-state index in [0.29, 0.717) is 64.0 Å². The number of benzene rings is 1. The molecule has 4 rings (SSSR count). The predicted octanol–water partition coefficient (Wildman–Crippen LogP) is 4.73. The minimum Gasteiger partial charge on any atom is -0.356 e. The first-order valence-electron chi connectivity index (χ1n) is 12.4. The zero-order valence-electron chi connectivity index (χ0n) is 20.2. The molecule has 1 atom stereocenters. The van der Waals surface area contributed by atoms with Crippen molar-refractivity contribution in [2.75, 3.05) is 49.1 Å². The smallest absolute Gasteiger partial charge is 0.356 e. The number of halogens is 6. The molecule has 3 heterocycles. The highest BCUT2D eigenvalue weighted by molar-refractivity contribution is 5.81. The number of Topliss-reactive ketones (excluding diaryl/α,β-unsaturated/α-hetero) is 1. The second kappa shape index (κ2) is 11.2. The average Bonchev–Trinajstić information content (AvgIpc) is 2.88. The minimum atomic E-state index is -4.69. The Balaban J connectivity index is 1.39. The number of alkyl halides is 6. The summed E-state index contributed by atoms with van der Waals surface area (Å²) >= 11 is 0. The molecule has 2 aliphatic rings. The Bertz CT molecular complexity index is 1070. The molecule has 2 saturated heterocycles. The van der Waals surface area contributed by atoms with Crippen LogP contribution in [0.3, 0.4) is 0 Å². The maximum atomic E-state index is 13.6. The Kier molecular flexibility index (Phi) is 8.25. The van der Waals surface area contributed by atoms with Crippen molar-refractivity contribution in [3.63, 3.8) is 0 Å². The highest BCUT2D eigenvalue weighted by atomic mass is 19.4. The Labute approximate surface area is 211 Å². The molecule has 12 heteroatoms. The number of aromatic nitrogens is 2. The van der Waals surface area contributed by atoms with Gasteiger partial charge in [0.2, 0.25) is 5.82 Å². The Morgan fingerprint density at radius 1 is 0.919 bits per heavy atom. The molecule has 0 radical (unpaired) electrons. The fourth-order valence-corrected chi connectivity index (χ4v) is 4.75. The lowest BCUT2D eigenvalue weighted by Gasteiger charge is -2.34. The molecule has 37 heavy (non-hydrogen) atoms. The third-order valence-electron chi connectivity index (χ3n) is 6.76. The van der Waals surface area contributed by atoms with Crippen LogP contribution in [-0.4, -0.2) is 55.0 Å². The van der Waals surface area contributed by atoms with Gasteiger partial charge in [0, 0.05) is 57.7 Å². The van der Waals surface area contributed by atoms with E-state index in [1.54, 1.807) is 15.9 Å². The van der Waals surface area contributed by atoms with Crippen molar-refractivity contribution in [2.24, 2.45) is 5.92 Å². The summed E-state index contributed by atoms with van der Waals surface area (Å²) in [6.45, 7) is 3.13. The van der Waals surface area contributed by atoms with Crippen LogP contribution >= 0.6 is 0 Å². The van der Waals surface area contributed by atoms with Gasteiger partial charge in [-0.25, -0.2) is 9.97 Å². The first-order chi connectivity index (χ1) is 17.5. The van der Waals surface area contributed by atoms with Crippen LogP contribution in [0, 0.1) is 5.92 Å². The standard InChI is InChI=1S/C25H29F6N5O/c26-24(27,28)19-8-6-17(7-9-19)3-1-5-20(37)18-4-2-12-36(16-18)22-15-21(35-13-10-32-11-14-35)33-23(34-22)25(29,30)31/h6-9,15,18,32H,1-5,10-14,16H2/t18-/m1/s1. The van der Waals surface area contributed by atoms with Gasteiger partial charge in [0.05, 0.1) is 5.56 Å². The number of aryl methyl sites for hydroxylation is 1. The van der Waals surface area contributed by atoms with Gasteiger partial charge in [-0.3, -0.25) is 4.79 Å². The Hall–Kier alpha value is -2.89. The van der Waals surface area contributed by atoms with Crippen LogP contribution in [0.4, 0.5) is 38.0 Å². The fraction of sp³-hybridized carbons (Fsp3) is 0.560. The molecule has 202 valence electrons. The third kappa shape index (κ3) is 7.12. The van der Waals surface area contributed by atoms with E-state index in [0.717, 1.165) is 12.1 Å². The monoisotopic (exact) mass is 529 g/mol. The van der Waals surface area contributed by atoms with Crippen molar-refractivity contribution in [1.82, 2.24) is 15.3 Å². The van der Waals surface area contributed by atoms with Gasteiger partial charge in [0.1, 0.15) is 17.4 Å². The van der Waals surface area contributed by atoms with Gasteiger partial charge in [0.25, 0.3) is 0 Å². The predicted molar refractivity (Wildman–Crippen MR) is 126 cm³/mol. The lowest BCUT2D eigenvalue weighted by atomic mass is 9.90. The van der Waals surface area contributed by atoms with E-state index in [9.17, 15) is 31.1 Å². The number of piperazine rings is 1. The molecule has 1 N–H and O–H groups in total. The number of carbonyl (C=O) groups is 1. The van der Waals surface area contributed by atoms with Crippen LogP contribution in [-0.2, 0) is 23.6 Å². The molecule has 0 spiro atoms. The number of hydrogen-bond acceptors (Lipinski definition) is 6. The maximum absolute atomic E-state index is 13.6. The number of carbonyl (C=O) groups excluding carboxylic acids is 1. The van der Waals surface area contributed by atoms with Crippen LogP contribution in [0.5, 0.6) is 0 Å². The first-order valence-corrected chi connectivity index (χ1v) is 12.4. The van der Waals surface area contributed by atoms with E-state index in [1.165, 1.54) is 12.1 Å². The highest BCUT2D eigenvalue weighted by Crippen LogP contribution is 2.32. The Morgan fingerprint density at radius 2 is 1.57 bits per heavy atom. The van der Waals surface area contributed by atoms with Gasteiger partial charge in [-0.05, 0) is 43.4 Å². The second-order valence-corrected chi connectivity index (χ2v) is 9.44. The largest absolute Gasteiger partial charge is 0.451 e. The second-order valence-electron chi connectivity index (χ2n) is 9.44. The van der Waals surface area contributed by atoms with Gasteiger partial charge >= 0.3 is 12.4 Å². The molecule has 2 aliphatic heterocycles. The van der Waals surface area contributed by atoms with Crippen molar-refractivity contribution in [3.05, 3.63) is 47.3 Å². The zero-order chi connectivity index (χ0) is 26.6. The molecule has 0 bridgehead atoms. The van der Waals surface area contributed by atoms with Gasteiger partial charge < -0.3 is 15.1 Å². The van der Waals surface area contributed by atoms with E-state index in [1.807, 2.05) is 0 Å². The number of ketones is 1. The summed E-state index contributed by atoms with van der Waals surface area (Å²) in [4.78, 5) is 24.0. The van der Waals surface area contributed by atoms with Crippen molar-refractivity contribution < 1.29 is 31.1 Å². The summed E-state index contributed by atoms with van der Waals surface area (Å²) in [7, 11) is 0. The van der Waals surface area contributed by atoms with Gasteiger partial charge in [-0.2, -0.15) is 26.3 Å². The summed E-state index contributed by atoms with van der Waals surface area (Å²) in [6.07, 6.45) is -6.60. The SMILES string of the molecule is O=C(CCCc1ccc(C(F)(F)F)cc1)[C@@H]1CCCN(c2cc(N3CCNCC3)nc(C(F)(F)F)n2)C1. The van der Waals surface area contributed by atoms with Gasteiger partial charge in [0.15, 0.2) is 0 Å². The lowest BCUT2D eigenvalue weighted by molar-refractivity contribution is -0.145. The summed E-state index contributed by atoms with van der Waals surface area (Å²) in [6, 6.07) is 6.46. The van der Waals surface area contributed by atoms with Crippen molar-refractivity contribution in [2.45, 2.75) is 44.5 Å². The van der Waals surface area contributed by atoms with E-state index in [2.05, 4.69) is 15.3 Å². The van der Waals surface area contributed by atoms with E-state index < -0.39 is 23.7 Å². The van der Waals surface area contributed by atoms with Gasteiger partial charge in [-0.15, -0.1) is 0 Å². The molecule has 2 aromatic rings. The molecular weight excluding hydrogens is 500 g/mol. The average molecular weight is 530 g/mol. The maximum Gasteiger partial charge on any atom is 0.451 e. The topological polar surface area (TPSA) is 61.4 Å². The number of hydrogen-bond donors (Lipinski definition) is 1. The number of piperidine rings is 1. The van der Waals surface area contributed by atoms with Crippen molar-refractivity contribution in [1.29, 1.82) is 0 Å². The molecular formula is C25H29F6N5O. The molecule has 0 aliphatic carbocycles. The van der Waals surface area contributed by atoms with Crippen LogP contribution < -0.4 is 15.1 Å². The number of rotatable bonds is 7. The molecule has 0 unspecified atom stereocenters. The molecule has 6 nitrogen and oxygen atoms in total. The molecule has 1 aromatic heterocycles. The molecule has 2 fully saturated rings. The van der Waals surface area contributed by atoms with E-state index >= 15 is 0 Å². The van der Waals surface area contributed by atoms with Crippen molar-refractivity contribution >= 4 is 17.4 Å². The first kappa shape index (κ1) is 27.2. The fourth-order valence-electron chi connectivity index (χ4n) is 4.75. The summed E-state index contributed by atoms with van der Waals surface area (Å²) in [5, 5.41) is 3.16. The number of nitrogens with one attached hydrogen (secondary N) is 1. The number of anilines is 2. The van der Waals surface area contributed by atoms with E-state index in [-0.39, 0.29) is 36.3 Å². The van der Waals surface area contributed by atoms with Crippen LogP contribution in [0.15, 0.2) is 30.3 Å². The molecule has 1 aromatic carbocycles. The Morgan fingerprint density at radius 3 is 2.19 bits per heavy atom. The van der Waals surface area contributed by atoms with Crippen molar-refractivity contribution in [3.8, 4) is 0 Å². The van der Waals surface area contributed by atoms with Gasteiger partial charge in [-0.1, -0.05) is 12.1 Å². The summed E-state index contributed by atoms with van der Waals surface area (Å²) < 4.78 is 78.8. The van der Waals surface area contributed by atoms with E-state index in [4.69, 9.17) is 0 Å². The normalized spacial score (nSPS) is 19.2. The summed E-state index contributed by atoms with van der Waals surface area (Å²) in [5.41, 5.74) is 0.000291. The summed E-state index contributed by atoms with van der Waals surface area (Å²) in [5.74, 6) is -1.14. The zero-order valence-corrected chi connectivity index (χ0v) is 20.2. The highest BCUT2D eigenvalue weighted by Gasteiger charge is 2.37. The van der Waals surface area contributed by atoms with Crippen LogP contribution in [0.2, 0.25) is 0 Å². The number of nitrogens with zero attached hydrogens (tertiary/aromatic N) is 4. The third-order valence-corrected chi connectivity index (χ3v) is 6.76. The van der Waals surface area contributed by atoms with Crippen LogP contribution in [0.25, 0.3) is 0 Å². The molecule has 0 amide bonds. The quantitative estimate of drug-likeness (QED) is 0.524. The van der Waals surface area contributed by atoms with Crippen LogP contribution in [0.1, 0.15) is 42.6 Å².